The van der Waals surface area contributed by atoms with Crippen LogP contribution in [0, 0.1) is 5.41 Å². The first-order valence-corrected chi connectivity index (χ1v) is 11.2. The molecule has 136 valence electrons. The smallest absolute Gasteiger partial charge is 0.230 e. The van der Waals surface area contributed by atoms with E-state index in [-0.39, 0.29) is 11.8 Å². The molecule has 0 aliphatic carbocycles. The number of hydrogen-bond donors (Lipinski definition) is 1. The highest BCUT2D eigenvalue weighted by Gasteiger charge is 2.46. The molecule has 7 heteroatoms. The Labute approximate surface area is 153 Å². The van der Waals surface area contributed by atoms with Crippen molar-refractivity contribution in [3.63, 3.8) is 0 Å². The van der Waals surface area contributed by atoms with Crippen molar-refractivity contribution in [3.05, 3.63) is 0 Å². The summed E-state index contributed by atoms with van der Waals surface area (Å²) < 4.78 is 0. The number of carbonyl (C=O) groups excluding carboxylic acids is 2. The molecule has 0 radical (unpaired) electrons. The minimum Gasteiger partial charge on any atom is -0.342 e. The third-order valence-corrected chi connectivity index (χ3v) is 8.10. The molecule has 0 bridgehead atoms. The van der Waals surface area contributed by atoms with Crippen LogP contribution in [0.25, 0.3) is 0 Å². The van der Waals surface area contributed by atoms with Crippen LogP contribution in [0.2, 0.25) is 0 Å². The molecule has 3 aliphatic rings. The molecule has 3 heterocycles. The van der Waals surface area contributed by atoms with Gasteiger partial charge < -0.3 is 15.1 Å². The van der Waals surface area contributed by atoms with Crippen molar-refractivity contribution in [1.29, 1.82) is 0 Å². The Bertz CT molecular complexity index is 470. The van der Waals surface area contributed by atoms with Crippen LogP contribution in [0.5, 0.6) is 0 Å². The molecule has 0 aromatic carbocycles. The van der Waals surface area contributed by atoms with Gasteiger partial charge in [0, 0.05) is 50.7 Å². The molecule has 24 heavy (non-hydrogen) atoms. The molecule has 1 N–H and O–H groups in total. The van der Waals surface area contributed by atoms with E-state index in [1.165, 1.54) is 0 Å². The summed E-state index contributed by atoms with van der Waals surface area (Å²) in [5.74, 6) is 4.63. The molecule has 0 aromatic rings. The molecule has 3 aliphatic heterocycles. The van der Waals surface area contributed by atoms with Crippen LogP contribution in [0.4, 0.5) is 0 Å². The Kier molecular flexibility index (Phi) is 6.03. The highest BCUT2D eigenvalue weighted by molar-refractivity contribution is 7.99. The normalized spacial score (nSPS) is 32.9. The topological polar surface area (TPSA) is 52.7 Å². The maximum Gasteiger partial charge on any atom is 0.230 e. The number of carbonyl (C=O) groups is 2. The lowest BCUT2D eigenvalue weighted by Gasteiger charge is -2.36. The molecule has 3 atom stereocenters. The van der Waals surface area contributed by atoms with E-state index in [1.54, 1.807) is 0 Å². The third-order valence-electron chi connectivity index (χ3n) is 5.81. The highest BCUT2D eigenvalue weighted by Crippen LogP contribution is 2.35. The van der Waals surface area contributed by atoms with Gasteiger partial charge in [-0.15, -0.1) is 0 Å². The Balaban J connectivity index is 1.68. The maximum atomic E-state index is 13.2. The Morgan fingerprint density at radius 1 is 1.08 bits per heavy atom. The van der Waals surface area contributed by atoms with Crippen molar-refractivity contribution < 1.29 is 9.59 Å². The van der Waals surface area contributed by atoms with Crippen LogP contribution >= 0.6 is 23.5 Å². The molecule has 2 amide bonds. The van der Waals surface area contributed by atoms with Gasteiger partial charge in [0.25, 0.3) is 0 Å². The van der Waals surface area contributed by atoms with Crippen molar-refractivity contribution >= 4 is 35.3 Å². The zero-order valence-electron chi connectivity index (χ0n) is 14.8. The second-order valence-electron chi connectivity index (χ2n) is 7.34. The lowest BCUT2D eigenvalue weighted by molar-refractivity contribution is -0.147. The molecule has 3 unspecified atom stereocenters. The monoisotopic (exact) mass is 371 g/mol. The standard InChI is InChI=1S/C17H29N3O2S2/c1-19(13-3-7-23-10-13)15(21)9-17(5-6-18-12-17)16(22)20(2)14-4-8-24-11-14/h13-14,18H,3-12H2,1-2H3. The fourth-order valence-corrected chi connectivity index (χ4v) is 6.50. The quantitative estimate of drug-likeness (QED) is 0.789. The van der Waals surface area contributed by atoms with Crippen LogP contribution in [-0.2, 0) is 9.59 Å². The van der Waals surface area contributed by atoms with Gasteiger partial charge in [-0.05, 0) is 37.3 Å². The van der Waals surface area contributed by atoms with E-state index in [4.69, 9.17) is 0 Å². The Morgan fingerprint density at radius 2 is 1.71 bits per heavy atom. The SMILES string of the molecule is CN(C(=O)CC1(C(=O)N(C)C2CCSC2)CCNC1)C1CCSC1. The van der Waals surface area contributed by atoms with E-state index in [1.807, 2.05) is 47.4 Å². The number of amides is 2. The van der Waals surface area contributed by atoms with Gasteiger partial charge in [-0.2, -0.15) is 23.5 Å². The average molecular weight is 372 g/mol. The first kappa shape index (κ1) is 18.4. The largest absolute Gasteiger partial charge is 0.342 e. The number of rotatable bonds is 5. The number of hydrogen-bond acceptors (Lipinski definition) is 5. The van der Waals surface area contributed by atoms with Crippen LogP contribution in [0.3, 0.4) is 0 Å². The first-order valence-electron chi connectivity index (χ1n) is 8.93. The maximum absolute atomic E-state index is 13.2. The predicted molar refractivity (Wildman–Crippen MR) is 102 cm³/mol. The molecular weight excluding hydrogens is 342 g/mol. The van der Waals surface area contributed by atoms with Crippen LogP contribution in [0.15, 0.2) is 0 Å². The number of nitrogens with one attached hydrogen (secondary N) is 1. The molecule has 0 aromatic heterocycles. The van der Waals surface area contributed by atoms with Gasteiger partial charge in [0.2, 0.25) is 11.8 Å². The molecule has 0 saturated carbocycles. The average Bonchev–Trinajstić information content (AvgIpc) is 3.34. The van der Waals surface area contributed by atoms with Crippen LogP contribution < -0.4 is 5.32 Å². The molecule has 3 fully saturated rings. The minimum absolute atomic E-state index is 0.133. The fraction of sp³-hybridized carbons (Fsp3) is 0.882. The van der Waals surface area contributed by atoms with Crippen LogP contribution in [-0.4, -0.2) is 83.9 Å². The Morgan fingerprint density at radius 3 is 2.21 bits per heavy atom. The fourth-order valence-electron chi connectivity index (χ4n) is 3.97. The molecule has 0 spiro atoms. The predicted octanol–water partition coefficient (Wildman–Crippen LogP) is 1.28. The molecule has 5 nitrogen and oxygen atoms in total. The van der Waals surface area contributed by atoms with Gasteiger partial charge >= 0.3 is 0 Å². The van der Waals surface area contributed by atoms with Gasteiger partial charge in [-0.1, -0.05) is 0 Å². The van der Waals surface area contributed by atoms with Gasteiger partial charge in [0.15, 0.2) is 0 Å². The lowest BCUT2D eigenvalue weighted by atomic mass is 9.81. The number of nitrogens with zero attached hydrogens (tertiary/aromatic N) is 2. The lowest BCUT2D eigenvalue weighted by Crippen LogP contribution is -2.50. The summed E-state index contributed by atoms with van der Waals surface area (Å²) >= 11 is 3.83. The van der Waals surface area contributed by atoms with E-state index < -0.39 is 5.41 Å². The van der Waals surface area contributed by atoms with E-state index in [9.17, 15) is 9.59 Å². The minimum atomic E-state index is -0.543. The highest BCUT2D eigenvalue weighted by atomic mass is 32.2. The molecular formula is C17H29N3O2S2. The summed E-state index contributed by atoms with van der Waals surface area (Å²) in [6.45, 7) is 1.46. The van der Waals surface area contributed by atoms with Crippen molar-refractivity contribution in [1.82, 2.24) is 15.1 Å². The summed E-state index contributed by atoms with van der Waals surface area (Å²) in [5.41, 5.74) is -0.543. The summed E-state index contributed by atoms with van der Waals surface area (Å²) in [4.78, 5) is 29.9. The summed E-state index contributed by atoms with van der Waals surface area (Å²) in [6, 6.07) is 0.673. The van der Waals surface area contributed by atoms with Crippen molar-refractivity contribution in [2.24, 2.45) is 5.41 Å². The summed E-state index contributed by atoms with van der Waals surface area (Å²) in [6.07, 6.45) is 3.27. The van der Waals surface area contributed by atoms with Gasteiger partial charge in [0.05, 0.1) is 5.41 Å². The summed E-state index contributed by atoms with van der Waals surface area (Å²) in [7, 11) is 3.84. The van der Waals surface area contributed by atoms with Gasteiger partial charge in [-0.25, -0.2) is 0 Å². The zero-order valence-corrected chi connectivity index (χ0v) is 16.4. The second kappa shape index (κ2) is 7.87. The summed E-state index contributed by atoms with van der Waals surface area (Å²) in [5, 5.41) is 3.33. The number of thioether (sulfide) groups is 2. The van der Waals surface area contributed by atoms with Gasteiger partial charge in [-0.3, -0.25) is 9.59 Å². The molecule has 3 rings (SSSR count). The van der Waals surface area contributed by atoms with Crippen molar-refractivity contribution in [3.8, 4) is 0 Å². The van der Waals surface area contributed by atoms with E-state index in [2.05, 4.69) is 5.32 Å². The zero-order chi connectivity index (χ0) is 17.2. The van der Waals surface area contributed by atoms with Crippen LogP contribution in [0.1, 0.15) is 25.7 Å². The first-order chi connectivity index (χ1) is 11.5. The molecule has 3 saturated heterocycles. The van der Waals surface area contributed by atoms with E-state index >= 15 is 0 Å². The van der Waals surface area contributed by atoms with Gasteiger partial charge in [0.1, 0.15) is 0 Å². The van der Waals surface area contributed by atoms with E-state index in [0.29, 0.717) is 25.0 Å². The van der Waals surface area contributed by atoms with E-state index in [0.717, 1.165) is 48.8 Å². The van der Waals surface area contributed by atoms with Crippen molar-refractivity contribution in [2.75, 3.05) is 50.2 Å². The Hall–Kier alpha value is -0.400. The second-order valence-corrected chi connectivity index (χ2v) is 9.64. The third kappa shape index (κ3) is 3.73. The van der Waals surface area contributed by atoms with Crippen molar-refractivity contribution in [2.45, 2.75) is 37.8 Å².